The molecule has 3 N–H and O–H groups in total. The van der Waals surface area contributed by atoms with Crippen LogP contribution in [-0.2, 0) is 6.42 Å². The largest absolute Gasteiger partial charge is 0.395 e. The van der Waals surface area contributed by atoms with Crippen LogP contribution >= 0.6 is 12.2 Å². The van der Waals surface area contributed by atoms with E-state index in [1.54, 1.807) is 0 Å². The standard InChI is InChI=1S/C17H20N2OS/c20-12-11-18-17(21)19-16(15-9-5-2-6-10-15)13-14-7-3-1-4-8-14/h1-10,16,20H,11-13H2,(H2,18,19,21). The van der Waals surface area contributed by atoms with Gasteiger partial charge in [-0.2, -0.15) is 0 Å². The fourth-order valence-electron chi connectivity index (χ4n) is 2.17. The van der Waals surface area contributed by atoms with Gasteiger partial charge in [-0.1, -0.05) is 60.7 Å². The molecule has 0 aliphatic heterocycles. The Kier molecular flexibility index (Phi) is 6.19. The molecule has 4 heteroatoms. The molecular formula is C17H20N2OS. The summed E-state index contributed by atoms with van der Waals surface area (Å²) in [6, 6.07) is 20.7. The van der Waals surface area contributed by atoms with E-state index in [0.29, 0.717) is 11.7 Å². The van der Waals surface area contributed by atoms with E-state index in [1.807, 2.05) is 36.4 Å². The zero-order chi connectivity index (χ0) is 14.9. The van der Waals surface area contributed by atoms with Crippen molar-refractivity contribution < 1.29 is 5.11 Å². The highest BCUT2D eigenvalue weighted by Crippen LogP contribution is 2.18. The van der Waals surface area contributed by atoms with Gasteiger partial charge in [0.15, 0.2) is 5.11 Å². The van der Waals surface area contributed by atoms with Crippen molar-refractivity contribution >= 4 is 17.3 Å². The SMILES string of the molecule is OCCNC(=S)NC(Cc1ccccc1)c1ccccc1. The molecule has 0 radical (unpaired) electrons. The summed E-state index contributed by atoms with van der Waals surface area (Å²) >= 11 is 5.28. The number of rotatable bonds is 6. The van der Waals surface area contributed by atoms with E-state index in [9.17, 15) is 0 Å². The van der Waals surface area contributed by atoms with Crippen molar-refractivity contribution in [2.45, 2.75) is 12.5 Å². The van der Waals surface area contributed by atoms with Crippen LogP contribution in [0.2, 0.25) is 0 Å². The van der Waals surface area contributed by atoms with Gasteiger partial charge in [-0.3, -0.25) is 0 Å². The molecule has 0 spiro atoms. The van der Waals surface area contributed by atoms with Crippen LogP contribution in [0.15, 0.2) is 60.7 Å². The van der Waals surface area contributed by atoms with E-state index in [-0.39, 0.29) is 12.6 Å². The van der Waals surface area contributed by atoms with Gasteiger partial charge in [0.2, 0.25) is 0 Å². The molecule has 110 valence electrons. The van der Waals surface area contributed by atoms with Crippen LogP contribution in [-0.4, -0.2) is 23.4 Å². The summed E-state index contributed by atoms with van der Waals surface area (Å²) in [6.07, 6.45) is 0.853. The Bertz CT molecular complexity index is 545. The van der Waals surface area contributed by atoms with E-state index in [0.717, 1.165) is 6.42 Å². The second kappa shape index (κ2) is 8.39. The molecule has 2 aromatic rings. The Morgan fingerprint density at radius 1 is 1.00 bits per heavy atom. The Hall–Kier alpha value is -1.91. The lowest BCUT2D eigenvalue weighted by Gasteiger charge is -2.21. The smallest absolute Gasteiger partial charge is 0.166 e. The minimum atomic E-state index is 0.0660. The van der Waals surface area contributed by atoms with Gasteiger partial charge < -0.3 is 15.7 Å². The number of thiocarbonyl (C=S) groups is 1. The predicted molar refractivity (Wildman–Crippen MR) is 90.2 cm³/mol. The molecule has 21 heavy (non-hydrogen) atoms. The average molecular weight is 300 g/mol. The Balaban J connectivity index is 2.09. The maximum atomic E-state index is 8.85. The highest BCUT2D eigenvalue weighted by molar-refractivity contribution is 7.80. The molecule has 0 aliphatic rings. The summed E-state index contributed by atoms with van der Waals surface area (Å²) in [6.45, 7) is 0.523. The molecule has 0 amide bonds. The molecule has 0 fully saturated rings. The van der Waals surface area contributed by atoms with Crippen LogP contribution in [0.4, 0.5) is 0 Å². The van der Waals surface area contributed by atoms with Gasteiger partial charge in [-0.15, -0.1) is 0 Å². The number of aliphatic hydroxyl groups is 1. The van der Waals surface area contributed by atoms with Gasteiger partial charge in [0.1, 0.15) is 0 Å². The monoisotopic (exact) mass is 300 g/mol. The summed E-state index contributed by atoms with van der Waals surface area (Å²) in [4.78, 5) is 0. The fourth-order valence-corrected chi connectivity index (χ4v) is 2.41. The van der Waals surface area contributed by atoms with E-state index >= 15 is 0 Å². The minimum absolute atomic E-state index is 0.0660. The number of hydrogen-bond donors (Lipinski definition) is 3. The van der Waals surface area contributed by atoms with Gasteiger partial charge in [0.25, 0.3) is 0 Å². The molecule has 0 bridgehead atoms. The summed E-state index contributed by atoms with van der Waals surface area (Å²) < 4.78 is 0. The molecule has 1 unspecified atom stereocenters. The quantitative estimate of drug-likeness (QED) is 0.717. The van der Waals surface area contributed by atoms with Crippen molar-refractivity contribution in [2.75, 3.05) is 13.2 Å². The number of nitrogens with one attached hydrogen (secondary N) is 2. The Labute approximate surface area is 131 Å². The van der Waals surface area contributed by atoms with Crippen molar-refractivity contribution in [3.05, 3.63) is 71.8 Å². The Morgan fingerprint density at radius 3 is 2.24 bits per heavy atom. The molecule has 1 atom stereocenters. The second-order valence-corrected chi connectivity index (χ2v) is 5.19. The van der Waals surface area contributed by atoms with Crippen molar-refractivity contribution in [3.8, 4) is 0 Å². The van der Waals surface area contributed by atoms with Crippen LogP contribution in [0, 0.1) is 0 Å². The van der Waals surface area contributed by atoms with Crippen LogP contribution < -0.4 is 10.6 Å². The van der Waals surface area contributed by atoms with E-state index in [1.165, 1.54) is 11.1 Å². The molecule has 3 nitrogen and oxygen atoms in total. The fraction of sp³-hybridized carbons (Fsp3) is 0.235. The summed E-state index contributed by atoms with van der Waals surface area (Å²) in [5.41, 5.74) is 2.44. The van der Waals surface area contributed by atoms with Crippen LogP contribution in [0.5, 0.6) is 0 Å². The maximum absolute atomic E-state index is 8.85. The molecule has 0 aliphatic carbocycles. The zero-order valence-corrected chi connectivity index (χ0v) is 12.6. The summed E-state index contributed by atoms with van der Waals surface area (Å²) in [5, 5.41) is 15.7. The van der Waals surface area contributed by atoms with Crippen molar-refractivity contribution in [2.24, 2.45) is 0 Å². The first-order chi connectivity index (χ1) is 10.3. The molecule has 0 saturated heterocycles. The van der Waals surface area contributed by atoms with E-state index < -0.39 is 0 Å². The van der Waals surface area contributed by atoms with Gasteiger partial charge in [0.05, 0.1) is 12.6 Å². The molecule has 0 heterocycles. The first kappa shape index (κ1) is 15.5. The molecule has 2 rings (SSSR count). The van der Waals surface area contributed by atoms with Gasteiger partial charge in [0, 0.05) is 6.54 Å². The number of aliphatic hydroxyl groups excluding tert-OH is 1. The molecule has 0 saturated carbocycles. The van der Waals surface area contributed by atoms with Crippen LogP contribution in [0.3, 0.4) is 0 Å². The number of hydrogen-bond acceptors (Lipinski definition) is 2. The van der Waals surface area contributed by atoms with Crippen LogP contribution in [0.25, 0.3) is 0 Å². The summed E-state index contributed by atoms with van der Waals surface area (Å²) in [7, 11) is 0. The molecule has 0 aromatic heterocycles. The third kappa shape index (κ3) is 5.17. The van der Waals surface area contributed by atoms with Crippen molar-refractivity contribution in [3.63, 3.8) is 0 Å². The number of benzene rings is 2. The lowest BCUT2D eigenvalue weighted by molar-refractivity contribution is 0.300. The second-order valence-electron chi connectivity index (χ2n) is 4.78. The van der Waals surface area contributed by atoms with Gasteiger partial charge in [-0.05, 0) is 29.8 Å². The highest BCUT2D eigenvalue weighted by Gasteiger charge is 2.13. The lowest BCUT2D eigenvalue weighted by Crippen LogP contribution is -2.39. The molecule has 2 aromatic carbocycles. The van der Waals surface area contributed by atoms with E-state index in [2.05, 4.69) is 34.9 Å². The third-order valence-corrected chi connectivity index (χ3v) is 3.45. The summed E-state index contributed by atoms with van der Waals surface area (Å²) in [5.74, 6) is 0. The first-order valence-corrected chi connectivity index (χ1v) is 7.44. The van der Waals surface area contributed by atoms with Crippen molar-refractivity contribution in [1.82, 2.24) is 10.6 Å². The average Bonchev–Trinajstić information content (AvgIpc) is 2.54. The minimum Gasteiger partial charge on any atom is -0.395 e. The first-order valence-electron chi connectivity index (χ1n) is 7.03. The predicted octanol–water partition coefficient (Wildman–Crippen LogP) is 2.43. The third-order valence-electron chi connectivity index (χ3n) is 3.19. The van der Waals surface area contributed by atoms with Crippen molar-refractivity contribution in [1.29, 1.82) is 0 Å². The Morgan fingerprint density at radius 2 is 1.62 bits per heavy atom. The normalized spacial score (nSPS) is 11.7. The molecular weight excluding hydrogens is 280 g/mol. The van der Waals surface area contributed by atoms with Gasteiger partial charge in [-0.25, -0.2) is 0 Å². The van der Waals surface area contributed by atoms with Crippen LogP contribution in [0.1, 0.15) is 17.2 Å². The van der Waals surface area contributed by atoms with Gasteiger partial charge >= 0.3 is 0 Å². The lowest BCUT2D eigenvalue weighted by atomic mass is 9.99. The zero-order valence-electron chi connectivity index (χ0n) is 11.8. The highest BCUT2D eigenvalue weighted by atomic mass is 32.1. The van der Waals surface area contributed by atoms with E-state index in [4.69, 9.17) is 17.3 Å². The topological polar surface area (TPSA) is 44.3 Å². The maximum Gasteiger partial charge on any atom is 0.166 e.